The molecule has 1 aromatic carbocycles. The van der Waals surface area contributed by atoms with Crippen molar-refractivity contribution in [1.82, 2.24) is 0 Å². The summed E-state index contributed by atoms with van der Waals surface area (Å²) in [5, 5.41) is 11.1. The third-order valence-electron chi connectivity index (χ3n) is 3.69. The van der Waals surface area contributed by atoms with Crippen molar-refractivity contribution in [3.8, 4) is 0 Å². The summed E-state index contributed by atoms with van der Waals surface area (Å²) in [5.74, 6) is 0.374. The van der Waals surface area contributed by atoms with Gasteiger partial charge in [-0.1, -0.05) is 34.8 Å². The molecule has 1 saturated carbocycles. The summed E-state index contributed by atoms with van der Waals surface area (Å²) in [4.78, 5) is 10.7. The molecule has 0 aliphatic heterocycles. The van der Waals surface area contributed by atoms with Crippen molar-refractivity contribution in [2.75, 3.05) is 0 Å². The Labute approximate surface area is 115 Å². The van der Waals surface area contributed by atoms with E-state index < -0.39 is 0 Å². The van der Waals surface area contributed by atoms with E-state index in [-0.39, 0.29) is 16.7 Å². The van der Waals surface area contributed by atoms with E-state index in [1.807, 2.05) is 12.1 Å². The van der Waals surface area contributed by atoms with Crippen molar-refractivity contribution >= 4 is 21.6 Å². The van der Waals surface area contributed by atoms with Crippen molar-refractivity contribution < 1.29 is 4.92 Å². The zero-order valence-corrected chi connectivity index (χ0v) is 11.7. The van der Waals surface area contributed by atoms with Crippen molar-refractivity contribution in [3.63, 3.8) is 0 Å². The molecule has 0 heterocycles. The van der Waals surface area contributed by atoms with Crippen LogP contribution in [0.5, 0.6) is 0 Å². The molecule has 4 nitrogen and oxygen atoms in total. The van der Waals surface area contributed by atoms with Crippen LogP contribution in [-0.2, 0) is 6.42 Å². The van der Waals surface area contributed by atoms with E-state index in [0.29, 0.717) is 12.3 Å². The van der Waals surface area contributed by atoms with E-state index in [1.165, 1.54) is 12.8 Å². The standard InChI is InChI=1S/C13H17BrN2O2/c14-11-6-5-10(13(8-11)16(17)18)7-9-3-1-2-4-12(9)15/h5-6,8-9,12H,1-4,7,15H2. The number of halogens is 1. The number of nitro benzene ring substituents is 1. The van der Waals surface area contributed by atoms with Gasteiger partial charge in [0.1, 0.15) is 0 Å². The molecule has 2 N–H and O–H groups in total. The van der Waals surface area contributed by atoms with Gasteiger partial charge in [-0.3, -0.25) is 10.1 Å². The van der Waals surface area contributed by atoms with Crippen LogP contribution in [0.3, 0.4) is 0 Å². The zero-order chi connectivity index (χ0) is 13.1. The van der Waals surface area contributed by atoms with Gasteiger partial charge in [-0.25, -0.2) is 0 Å². The number of hydrogen-bond donors (Lipinski definition) is 1. The van der Waals surface area contributed by atoms with Crippen molar-refractivity contribution in [2.24, 2.45) is 11.7 Å². The lowest BCUT2D eigenvalue weighted by atomic mass is 9.81. The molecule has 0 amide bonds. The SMILES string of the molecule is NC1CCCCC1Cc1ccc(Br)cc1[N+](=O)[O-]. The van der Waals surface area contributed by atoms with Gasteiger partial charge in [0.25, 0.3) is 5.69 Å². The number of rotatable bonds is 3. The molecular weight excluding hydrogens is 296 g/mol. The maximum atomic E-state index is 11.1. The highest BCUT2D eigenvalue weighted by Crippen LogP contribution is 2.31. The number of benzene rings is 1. The third kappa shape index (κ3) is 3.09. The molecule has 1 aromatic rings. The fourth-order valence-corrected chi connectivity index (χ4v) is 3.00. The van der Waals surface area contributed by atoms with E-state index in [9.17, 15) is 10.1 Å². The Bertz CT molecular complexity index is 451. The molecule has 0 radical (unpaired) electrons. The minimum absolute atomic E-state index is 0.182. The first-order chi connectivity index (χ1) is 8.58. The van der Waals surface area contributed by atoms with Crippen molar-refractivity contribution in [3.05, 3.63) is 38.3 Å². The largest absolute Gasteiger partial charge is 0.327 e. The van der Waals surface area contributed by atoms with Crippen LogP contribution < -0.4 is 5.73 Å². The molecule has 2 unspecified atom stereocenters. The van der Waals surface area contributed by atoms with Crippen LogP contribution in [0.1, 0.15) is 31.2 Å². The quantitative estimate of drug-likeness (QED) is 0.686. The molecule has 5 heteroatoms. The van der Waals surface area contributed by atoms with E-state index >= 15 is 0 Å². The van der Waals surface area contributed by atoms with Crippen LogP contribution in [0.15, 0.2) is 22.7 Å². The second-order valence-corrected chi connectivity index (χ2v) is 5.86. The molecule has 0 spiro atoms. The Kier molecular flexibility index (Phi) is 4.35. The Balaban J connectivity index is 2.20. The first-order valence-corrected chi connectivity index (χ1v) is 7.05. The van der Waals surface area contributed by atoms with Gasteiger partial charge in [0.15, 0.2) is 0 Å². The predicted octanol–water partition coefficient (Wildman–Crippen LogP) is 3.42. The van der Waals surface area contributed by atoms with Gasteiger partial charge >= 0.3 is 0 Å². The minimum atomic E-state index is -0.311. The number of nitrogens with zero attached hydrogens (tertiary/aromatic N) is 1. The summed E-state index contributed by atoms with van der Waals surface area (Å²) in [6.45, 7) is 0. The zero-order valence-electron chi connectivity index (χ0n) is 10.1. The van der Waals surface area contributed by atoms with Crippen molar-refractivity contribution in [1.29, 1.82) is 0 Å². The normalized spacial score (nSPS) is 23.9. The van der Waals surface area contributed by atoms with Crippen LogP contribution in [0.4, 0.5) is 5.69 Å². The van der Waals surface area contributed by atoms with Gasteiger partial charge < -0.3 is 5.73 Å². The molecule has 1 fully saturated rings. The second kappa shape index (κ2) is 5.80. The first-order valence-electron chi connectivity index (χ1n) is 6.26. The fourth-order valence-electron chi connectivity index (χ4n) is 2.65. The van der Waals surface area contributed by atoms with E-state index in [1.54, 1.807) is 6.07 Å². The predicted molar refractivity (Wildman–Crippen MR) is 74.4 cm³/mol. The van der Waals surface area contributed by atoms with Crippen LogP contribution >= 0.6 is 15.9 Å². The fraction of sp³-hybridized carbons (Fsp3) is 0.538. The minimum Gasteiger partial charge on any atom is -0.327 e. The van der Waals surface area contributed by atoms with Gasteiger partial charge in [0.2, 0.25) is 0 Å². The van der Waals surface area contributed by atoms with E-state index in [2.05, 4.69) is 15.9 Å². The first kappa shape index (κ1) is 13.5. The Morgan fingerprint density at radius 1 is 1.39 bits per heavy atom. The Morgan fingerprint density at radius 2 is 2.11 bits per heavy atom. The Hall–Kier alpha value is -0.940. The maximum absolute atomic E-state index is 11.1. The topological polar surface area (TPSA) is 69.2 Å². The molecule has 2 rings (SSSR count). The molecule has 2 atom stereocenters. The summed E-state index contributed by atoms with van der Waals surface area (Å²) >= 11 is 3.27. The van der Waals surface area contributed by atoms with Gasteiger partial charge in [-0.2, -0.15) is 0 Å². The number of nitrogens with two attached hydrogens (primary N) is 1. The monoisotopic (exact) mass is 312 g/mol. The molecule has 18 heavy (non-hydrogen) atoms. The van der Waals surface area contributed by atoms with Crippen LogP contribution in [0, 0.1) is 16.0 Å². The maximum Gasteiger partial charge on any atom is 0.273 e. The van der Waals surface area contributed by atoms with Gasteiger partial charge in [-0.05, 0) is 31.2 Å². The lowest BCUT2D eigenvalue weighted by Gasteiger charge is -2.28. The third-order valence-corrected chi connectivity index (χ3v) is 4.19. The van der Waals surface area contributed by atoms with Gasteiger partial charge in [0, 0.05) is 22.1 Å². The molecule has 1 aliphatic rings. The summed E-state index contributed by atoms with van der Waals surface area (Å²) in [7, 11) is 0. The Morgan fingerprint density at radius 3 is 2.78 bits per heavy atom. The second-order valence-electron chi connectivity index (χ2n) is 4.94. The highest BCUT2D eigenvalue weighted by atomic mass is 79.9. The molecule has 0 saturated heterocycles. The molecular formula is C13H17BrN2O2. The highest BCUT2D eigenvalue weighted by Gasteiger charge is 2.25. The van der Waals surface area contributed by atoms with Gasteiger partial charge in [0.05, 0.1) is 4.92 Å². The lowest BCUT2D eigenvalue weighted by Crippen LogP contribution is -2.34. The number of hydrogen-bond acceptors (Lipinski definition) is 3. The van der Waals surface area contributed by atoms with E-state index in [4.69, 9.17) is 5.73 Å². The highest BCUT2D eigenvalue weighted by molar-refractivity contribution is 9.10. The number of nitro groups is 1. The van der Waals surface area contributed by atoms with Gasteiger partial charge in [-0.15, -0.1) is 0 Å². The average Bonchev–Trinajstić information content (AvgIpc) is 2.34. The smallest absolute Gasteiger partial charge is 0.273 e. The van der Waals surface area contributed by atoms with Crippen molar-refractivity contribution in [2.45, 2.75) is 38.1 Å². The molecule has 98 valence electrons. The van der Waals surface area contributed by atoms with E-state index in [0.717, 1.165) is 22.9 Å². The van der Waals surface area contributed by atoms with Crippen LogP contribution in [-0.4, -0.2) is 11.0 Å². The summed E-state index contributed by atoms with van der Waals surface area (Å²) in [6.07, 6.45) is 5.19. The van der Waals surface area contributed by atoms with Crippen LogP contribution in [0.25, 0.3) is 0 Å². The molecule has 1 aliphatic carbocycles. The average molecular weight is 313 g/mol. The summed E-state index contributed by atoms with van der Waals surface area (Å²) in [5.41, 5.74) is 7.10. The molecule has 0 aromatic heterocycles. The van der Waals surface area contributed by atoms with Crippen LogP contribution in [0.2, 0.25) is 0 Å². The lowest BCUT2D eigenvalue weighted by molar-refractivity contribution is -0.385. The summed E-state index contributed by atoms with van der Waals surface area (Å²) < 4.78 is 0.742. The summed E-state index contributed by atoms with van der Waals surface area (Å²) in [6, 6.07) is 5.45. The molecule has 0 bridgehead atoms.